The van der Waals surface area contributed by atoms with Gasteiger partial charge in [-0.05, 0) is 51.5 Å². The Balaban J connectivity index is 1.34. The molecule has 4 N–H and O–H groups in total. The van der Waals surface area contributed by atoms with Gasteiger partial charge in [-0.2, -0.15) is 0 Å². The zero-order valence-corrected chi connectivity index (χ0v) is 16.0. The van der Waals surface area contributed by atoms with Crippen molar-refractivity contribution in [3.8, 4) is 0 Å². The number of nitrogens with zero attached hydrogens (tertiary/aromatic N) is 2. The first kappa shape index (κ1) is 17.8. The maximum atomic E-state index is 6.18. The van der Waals surface area contributed by atoms with Crippen molar-refractivity contribution in [2.45, 2.75) is 75.6 Å². The smallest absolute Gasteiger partial charge is 0.108 e. The van der Waals surface area contributed by atoms with Gasteiger partial charge in [0.25, 0.3) is 0 Å². The van der Waals surface area contributed by atoms with Gasteiger partial charge in [0.1, 0.15) is 6.23 Å². The van der Waals surface area contributed by atoms with E-state index in [4.69, 9.17) is 4.74 Å². The molecule has 26 heavy (non-hydrogen) atoms. The van der Waals surface area contributed by atoms with Crippen LogP contribution in [-0.2, 0) is 4.74 Å². The number of hydrazine groups is 1. The fourth-order valence-corrected chi connectivity index (χ4v) is 5.84. The van der Waals surface area contributed by atoms with Gasteiger partial charge in [-0.25, -0.2) is 5.01 Å². The molecule has 5 aliphatic heterocycles. The summed E-state index contributed by atoms with van der Waals surface area (Å²) in [6, 6.07) is 1.26. The standard InChI is InChI=1S/C19H36N6O/c1-4-15-16-5-2-9-24(16)17-7-10-25-19(23-17)14(13-21-25)12-20-8-3-11-26-18(6-1)22-15/h14-23H,1-13H2/t14?,15?,16-,17?,18?,19?/m1/s1. The van der Waals surface area contributed by atoms with Crippen molar-refractivity contribution in [2.75, 3.05) is 39.3 Å². The summed E-state index contributed by atoms with van der Waals surface area (Å²) in [4.78, 5) is 2.79. The third kappa shape index (κ3) is 3.55. The summed E-state index contributed by atoms with van der Waals surface area (Å²) < 4.78 is 6.18. The molecular formula is C19H36N6O. The lowest BCUT2D eigenvalue weighted by atomic mass is 9.94. The van der Waals surface area contributed by atoms with E-state index in [0.717, 1.165) is 39.2 Å². The molecule has 4 bridgehead atoms. The minimum atomic E-state index is 0.264. The van der Waals surface area contributed by atoms with E-state index in [-0.39, 0.29) is 6.23 Å². The summed E-state index contributed by atoms with van der Waals surface area (Å²) >= 11 is 0. The van der Waals surface area contributed by atoms with Crippen molar-refractivity contribution in [3.05, 3.63) is 0 Å². The number of fused-ring (bicyclic) bond motifs is 6. The van der Waals surface area contributed by atoms with Gasteiger partial charge in [0, 0.05) is 50.8 Å². The molecule has 5 rings (SSSR count). The largest absolute Gasteiger partial charge is 0.363 e. The molecule has 148 valence electrons. The molecule has 5 heterocycles. The molecule has 0 spiro atoms. The van der Waals surface area contributed by atoms with Crippen LogP contribution < -0.4 is 21.4 Å². The van der Waals surface area contributed by atoms with Gasteiger partial charge in [0.15, 0.2) is 0 Å². The molecule has 0 amide bonds. The first-order valence-corrected chi connectivity index (χ1v) is 11.0. The Kier molecular flexibility index (Phi) is 5.47. The average molecular weight is 365 g/mol. The monoisotopic (exact) mass is 364 g/mol. The van der Waals surface area contributed by atoms with Crippen LogP contribution in [0.15, 0.2) is 0 Å². The van der Waals surface area contributed by atoms with Gasteiger partial charge in [-0.3, -0.25) is 21.0 Å². The van der Waals surface area contributed by atoms with Crippen LogP contribution in [0.5, 0.6) is 0 Å². The van der Waals surface area contributed by atoms with Crippen LogP contribution in [-0.4, -0.2) is 79.9 Å². The summed E-state index contributed by atoms with van der Waals surface area (Å²) in [6.45, 7) is 6.49. The number of nitrogens with one attached hydrogen (secondary N) is 4. The minimum Gasteiger partial charge on any atom is -0.363 e. The van der Waals surface area contributed by atoms with E-state index in [1.54, 1.807) is 0 Å². The average Bonchev–Trinajstić information content (AvgIpc) is 3.31. The quantitative estimate of drug-likeness (QED) is 0.483. The van der Waals surface area contributed by atoms with E-state index < -0.39 is 0 Å². The Hall–Kier alpha value is -0.280. The van der Waals surface area contributed by atoms with Gasteiger partial charge in [-0.1, -0.05) is 0 Å². The van der Waals surface area contributed by atoms with E-state index in [9.17, 15) is 0 Å². The topological polar surface area (TPSA) is 63.8 Å². The van der Waals surface area contributed by atoms with Gasteiger partial charge < -0.3 is 10.1 Å². The van der Waals surface area contributed by atoms with Gasteiger partial charge >= 0.3 is 0 Å². The highest BCUT2D eigenvalue weighted by Crippen LogP contribution is 2.31. The molecule has 7 nitrogen and oxygen atoms in total. The molecule has 5 unspecified atom stereocenters. The molecule has 0 aromatic heterocycles. The second-order valence-corrected chi connectivity index (χ2v) is 8.80. The zero-order valence-electron chi connectivity index (χ0n) is 16.0. The normalized spacial score (nSPS) is 45.7. The third-order valence-electron chi connectivity index (χ3n) is 7.16. The summed E-state index contributed by atoms with van der Waals surface area (Å²) in [6.07, 6.45) is 10.0. The minimum absolute atomic E-state index is 0.264. The number of hydrogen-bond donors (Lipinski definition) is 4. The predicted molar refractivity (Wildman–Crippen MR) is 101 cm³/mol. The lowest BCUT2D eigenvalue weighted by Gasteiger charge is -2.46. The summed E-state index contributed by atoms with van der Waals surface area (Å²) in [7, 11) is 0. The van der Waals surface area contributed by atoms with E-state index in [1.807, 2.05) is 0 Å². The van der Waals surface area contributed by atoms with E-state index in [1.165, 1.54) is 45.1 Å². The zero-order chi connectivity index (χ0) is 17.3. The Morgan fingerprint density at radius 3 is 2.88 bits per heavy atom. The number of ether oxygens (including phenoxy) is 1. The maximum absolute atomic E-state index is 6.18. The Morgan fingerprint density at radius 1 is 0.885 bits per heavy atom. The molecule has 0 saturated carbocycles. The molecule has 0 radical (unpaired) electrons. The van der Waals surface area contributed by atoms with Gasteiger partial charge in [-0.15, -0.1) is 0 Å². The van der Waals surface area contributed by atoms with Crippen LogP contribution >= 0.6 is 0 Å². The van der Waals surface area contributed by atoms with Crippen LogP contribution in [0, 0.1) is 5.92 Å². The molecule has 5 fully saturated rings. The molecule has 0 aromatic carbocycles. The van der Waals surface area contributed by atoms with Crippen LogP contribution in [0.4, 0.5) is 0 Å². The first-order chi connectivity index (χ1) is 12.9. The highest BCUT2D eigenvalue weighted by molar-refractivity contribution is 4.98. The van der Waals surface area contributed by atoms with E-state index in [2.05, 4.69) is 31.3 Å². The number of rotatable bonds is 0. The fraction of sp³-hybridized carbons (Fsp3) is 1.00. The highest BCUT2D eigenvalue weighted by atomic mass is 16.5. The fourth-order valence-electron chi connectivity index (χ4n) is 5.84. The van der Waals surface area contributed by atoms with Gasteiger partial charge in [0.05, 0.1) is 12.3 Å². The molecule has 7 heteroatoms. The molecule has 5 saturated heterocycles. The van der Waals surface area contributed by atoms with Crippen molar-refractivity contribution >= 4 is 0 Å². The summed E-state index contributed by atoms with van der Waals surface area (Å²) in [5.41, 5.74) is 3.62. The van der Waals surface area contributed by atoms with E-state index in [0.29, 0.717) is 30.3 Å². The first-order valence-electron chi connectivity index (χ1n) is 11.0. The lowest BCUT2D eigenvalue weighted by molar-refractivity contribution is -0.0253. The SMILES string of the molecule is C1CNCC2CNN3CCC(NC23)N2CCC[C@@H]2C2CCCC(N2)OC1. The van der Waals surface area contributed by atoms with Gasteiger partial charge in [0.2, 0.25) is 0 Å². The van der Waals surface area contributed by atoms with Crippen LogP contribution in [0.1, 0.15) is 44.9 Å². The summed E-state index contributed by atoms with van der Waals surface area (Å²) in [5, 5.41) is 14.0. The Labute approximate surface area is 157 Å². The van der Waals surface area contributed by atoms with Crippen molar-refractivity contribution < 1.29 is 4.74 Å². The van der Waals surface area contributed by atoms with Crippen molar-refractivity contribution in [2.24, 2.45) is 5.92 Å². The molecular weight excluding hydrogens is 328 g/mol. The third-order valence-corrected chi connectivity index (χ3v) is 7.16. The molecule has 6 atom stereocenters. The van der Waals surface area contributed by atoms with Crippen molar-refractivity contribution in [3.63, 3.8) is 0 Å². The van der Waals surface area contributed by atoms with Crippen molar-refractivity contribution in [1.29, 1.82) is 0 Å². The van der Waals surface area contributed by atoms with Crippen LogP contribution in [0.2, 0.25) is 0 Å². The van der Waals surface area contributed by atoms with E-state index >= 15 is 0 Å². The lowest BCUT2D eigenvalue weighted by Crippen LogP contribution is -2.65. The second kappa shape index (κ2) is 7.99. The van der Waals surface area contributed by atoms with Crippen molar-refractivity contribution in [1.82, 2.24) is 31.3 Å². The molecule has 0 aromatic rings. The molecule has 5 aliphatic rings. The van der Waals surface area contributed by atoms with Crippen LogP contribution in [0.3, 0.4) is 0 Å². The van der Waals surface area contributed by atoms with Crippen LogP contribution in [0.25, 0.3) is 0 Å². The number of piperidine rings is 1. The number of hydrogen-bond acceptors (Lipinski definition) is 7. The Bertz CT molecular complexity index is 479. The Morgan fingerprint density at radius 2 is 1.88 bits per heavy atom. The second-order valence-electron chi connectivity index (χ2n) is 8.80. The predicted octanol–water partition coefficient (Wildman–Crippen LogP) is 0.0108. The molecule has 0 aliphatic carbocycles. The highest BCUT2D eigenvalue weighted by Gasteiger charge is 2.44. The summed E-state index contributed by atoms with van der Waals surface area (Å²) in [5.74, 6) is 0.641. The maximum Gasteiger partial charge on any atom is 0.108 e.